The van der Waals surface area contributed by atoms with Crippen LogP contribution in [0.2, 0.25) is 0 Å². The highest BCUT2D eigenvalue weighted by Gasteiger charge is 2.17. The number of hydrogen-bond acceptors (Lipinski definition) is 2. The second kappa shape index (κ2) is 8.40. The zero-order chi connectivity index (χ0) is 18.7. The molecule has 0 radical (unpaired) electrons. The summed E-state index contributed by atoms with van der Waals surface area (Å²) in [6.07, 6.45) is 6.27. The van der Waals surface area contributed by atoms with E-state index in [0.717, 1.165) is 32.5 Å². The molecule has 4 N–H and O–H groups in total. The van der Waals surface area contributed by atoms with Crippen molar-refractivity contribution in [3.8, 4) is 11.1 Å². The fourth-order valence-corrected chi connectivity index (χ4v) is 4.54. The van der Waals surface area contributed by atoms with Gasteiger partial charge in [-0.3, -0.25) is 0 Å². The van der Waals surface area contributed by atoms with Crippen molar-refractivity contribution < 1.29 is 0 Å². The molecule has 0 bridgehead atoms. The lowest BCUT2D eigenvalue weighted by molar-refractivity contribution is 0.415. The predicted octanol–water partition coefficient (Wildman–Crippen LogP) is 5.93. The standard InChI is InChI=1S/C21H26BrN3S/c1-13-11-14(2)19(18(23)12-13)16-9-6-10-17(22)20(16)25-21(26)24-15-7-4-3-5-8-15/h6,9-12,15H,3-5,7-8,23H2,1-2H3,(H2,24,25,26). The van der Waals surface area contributed by atoms with Crippen LogP contribution in [0.1, 0.15) is 43.2 Å². The Morgan fingerprint density at radius 1 is 1.15 bits per heavy atom. The van der Waals surface area contributed by atoms with Crippen molar-refractivity contribution in [1.82, 2.24) is 5.32 Å². The van der Waals surface area contributed by atoms with Crippen LogP contribution in [0.4, 0.5) is 11.4 Å². The van der Waals surface area contributed by atoms with Crippen LogP contribution in [0.3, 0.4) is 0 Å². The van der Waals surface area contributed by atoms with Gasteiger partial charge in [-0.15, -0.1) is 0 Å². The molecule has 0 aliphatic heterocycles. The molecule has 0 atom stereocenters. The number of thiocarbonyl (C=S) groups is 1. The maximum atomic E-state index is 6.36. The molecule has 0 aromatic heterocycles. The molecule has 3 nitrogen and oxygen atoms in total. The van der Waals surface area contributed by atoms with Gasteiger partial charge in [0, 0.05) is 27.3 Å². The van der Waals surface area contributed by atoms with Crippen LogP contribution in [0.25, 0.3) is 11.1 Å². The van der Waals surface area contributed by atoms with Crippen LogP contribution in [0.15, 0.2) is 34.8 Å². The number of aryl methyl sites for hydroxylation is 2. The van der Waals surface area contributed by atoms with Crippen molar-refractivity contribution in [2.24, 2.45) is 0 Å². The Bertz CT molecular complexity index is 790. The number of nitrogens with two attached hydrogens (primary N) is 1. The van der Waals surface area contributed by atoms with Crippen LogP contribution < -0.4 is 16.4 Å². The summed E-state index contributed by atoms with van der Waals surface area (Å²) in [7, 11) is 0. The fourth-order valence-electron chi connectivity index (χ4n) is 3.81. The minimum Gasteiger partial charge on any atom is -0.398 e. The summed E-state index contributed by atoms with van der Waals surface area (Å²) in [6, 6.07) is 10.8. The van der Waals surface area contributed by atoms with Gasteiger partial charge in [-0.05, 0) is 78.1 Å². The van der Waals surface area contributed by atoms with E-state index in [1.807, 2.05) is 18.2 Å². The van der Waals surface area contributed by atoms with Gasteiger partial charge in [-0.25, -0.2) is 0 Å². The monoisotopic (exact) mass is 431 g/mol. The second-order valence-electron chi connectivity index (χ2n) is 7.14. The molecule has 0 heterocycles. The number of halogens is 1. The van der Waals surface area contributed by atoms with E-state index in [9.17, 15) is 0 Å². The van der Waals surface area contributed by atoms with Gasteiger partial charge in [0.1, 0.15) is 0 Å². The smallest absolute Gasteiger partial charge is 0.171 e. The first kappa shape index (κ1) is 19.2. The molecule has 0 unspecified atom stereocenters. The topological polar surface area (TPSA) is 50.1 Å². The van der Waals surface area contributed by atoms with Crippen molar-refractivity contribution in [3.05, 3.63) is 45.9 Å². The number of rotatable bonds is 3. The zero-order valence-corrected chi connectivity index (χ0v) is 17.8. The summed E-state index contributed by atoms with van der Waals surface area (Å²) in [5.41, 5.74) is 12.6. The molecule has 0 saturated heterocycles. The molecule has 138 valence electrons. The lowest BCUT2D eigenvalue weighted by Crippen LogP contribution is -2.39. The van der Waals surface area contributed by atoms with Gasteiger partial charge in [0.25, 0.3) is 0 Å². The Kier molecular flexibility index (Phi) is 6.20. The summed E-state index contributed by atoms with van der Waals surface area (Å²) in [4.78, 5) is 0. The van der Waals surface area contributed by atoms with E-state index in [1.165, 1.54) is 37.7 Å². The average Bonchev–Trinajstić information content (AvgIpc) is 2.57. The molecular weight excluding hydrogens is 406 g/mol. The Labute approximate surface area is 169 Å². The molecule has 1 aliphatic carbocycles. The Morgan fingerprint density at radius 3 is 2.58 bits per heavy atom. The first-order valence-corrected chi connectivity index (χ1v) is 10.4. The van der Waals surface area contributed by atoms with Crippen LogP contribution in [-0.4, -0.2) is 11.2 Å². The minimum atomic E-state index is 0.473. The molecule has 2 aromatic carbocycles. The van der Waals surface area contributed by atoms with E-state index in [0.29, 0.717) is 11.2 Å². The summed E-state index contributed by atoms with van der Waals surface area (Å²) in [5, 5.41) is 7.57. The van der Waals surface area contributed by atoms with E-state index >= 15 is 0 Å². The molecule has 3 rings (SSSR count). The molecule has 5 heteroatoms. The lowest BCUT2D eigenvalue weighted by Gasteiger charge is -2.25. The maximum absolute atomic E-state index is 6.36. The Morgan fingerprint density at radius 2 is 1.88 bits per heavy atom. The Balaban J connectivity index is 1.90. The molecule has 26 heavy (non-hydrogen) atoms. The predicted molar refractivity (Wildman–Crippen MR) is 120 cm³/mol. The van der Waals surface area contributed by atoms with Crippen LogP contribution >= 0.6 is 28.1 Å². The SMILES string of the molecule is Cc1cc(C)c(-c2cccc(Br)c2NC(=S)NC2CCCCC2)c(N)c1. The van der Waals surface area contributed by atoms with Gasteiger partial charge in [-0.2, -0.15) is 0 Å². The molecule has 1 saturated carbocycles. The zero-order valence-electron chi connectivity index (χ0n) is 15.4. The molecule has 2 aromatic rings. The molecular formula is C21H26BrN3S. The summed E-state index contributed by atoms with van der Waals surface area (Å²) < 4.78 is 0.974. The van der Waals surface area contributed by atoms with E-state index in [1.54, 1.807) is 0 Å². The number of para-hydroxylation sites is 1. The molecule has 0 spiro atoms. The van der Waals surface area contributed by atoms with E-state index in [4.69, 9.17) is 18.0 Å². The molecule has 0 amide bonds. The quantitative estimate of drug-likeness (QED) is 0.415. The van der Waals surface area contributed by atoms with Crippen molar-refractivity contribution >= 4 is 44.6 Å². The number of nitrogens with one attached hydrogen (secondary N) is 2. The number of anilines is 2. The molecule has 1 fully saturated rings. The van der Waals surface area contributed by atoms with E-state index < -0.39 is 0 Å². The average molecular weight is 432 g/mol. The first-order chi connectivity index (χ1) is 12.5. The van der Waals surface area contributed by atoms with Gasteiger partial charge in [0.2, 0.25) is 0 Å². The van der Waals surface area contributed by atoms with Gasteiger partial charge < -0.3 is 16.4 Å². The molecule has 1 aliphatic rings. The highest BCUT2D eigenvalue weighted by atomic mass is 79.9. The Hall–Kier alpha value is -1.59. The largest absolute Gasteiger partial charge is 0.398 e. The van der Waals surface area contributed by atoms with Crippen molar-refractivity contribution in [2.45, 2.75) is 52.0 Å². The van der Waals surface area contributed by atoms with Gasteiger partial charge in [-0.1, -0.05) is 37.5 Å². The van der Waals surface area contributed by atoms with Crippen LogP contribution in [-0.2, 0) is 0 Å². The summed E-state index contributed by atoms with van der Waals surface area (Å²) >= 11 is 9.27. The van der Waals surface area contributed by atoms with Gasteiger partial charge in [0.05, 0.1) is 5.69 Å². The number of hydrogen-bond donors (Lipinski definition) is 3. The third-order valence-corrected chi connectivity index (χ3v) is 5.85. The summed E-state index contributed by atoms with van der Waals surface area (Å²) in [5.74, 6) is 0. The summed E-state index contributed by atoms with van der Waals surface area (Å²) in [6.45, 7) is 4.17. The highest BCUT2D eigenvalue weighted by Crippen LogP contribution is 2.39. The van der Waals surface area contributed by atoms with Crippen molar-refractivity contribution in [1.29, 1.82) is 0 Å². The van der Waals surface area contributed by atoms with Crippen LogP contribution in [0, 0.1) is 13.8 Å². The highest BCUT2D eigenvalue weighted by molar-refractivity contribution is 9.10. The normalized spacial score (nSPS) is 14.9. The number of nitrogen functional groups attached to an aromatic ring is 1. The van der Waals surface area contributed by atoms with Crippen LogP contribution in [0.5, 0.6) is 0 Å². The third kappa shape index (κ3) is 4.38. The third-order valence-electron chi connectivity index (χ3n) is 4.97. The second-order valence-corrected chi connectivity index (χ2v) is 8.40. The van der Waals surface area contributed by atoms with Crippen molar-refractivity contribution in [2.75, 3.05) is 11.1 Å². The first-order valence-electron chi connectivity index (χ1n) is 9.19. The van der Waals surface area contributed by atoms with E-state index in [-0.39, 0.29) is 0 Å². The lowest BCUT2D eigenvalue weighted by atomic mass is 9.95. The fraction of sp³-hybridized carbons (Fsp3) is 0.381. The van der Waals surface area contributed by atoms with E-state index in [2.05, 4.69) is 52.5 Å². The maximum Gasteiger partial charge on any atom is 0.171 e. The minimum absolute atomic E-state index is 0.473. The van der Waals surface area contributed by atoms with Gasteiger partial charge in [0.15, 0.2) is 5.11 Å². The van der Waals surface area contributed by atoms with Gasteiger partial charge >= 0.3 is 0 Å². The number of benzene rings is 2. The van der Waals surface area contributed by atoms with Crippen molar-refractivity contribution in [3.63, 3.8) is 0 Å².